The molecule has 2 aromatic rings. The summed E-state index contributed by atoms with van der Waals surface area (Å²) >= 11 is 3.29. The van der Waals surface area contributed by atoms with E-state index in [9.17, 15) is 8.78 Å². The Labute approximate surface area is 105 Å². The van der Waals surface area contributed by atoms with Crippen LogP contribution in [0.25, 0.3) is 11.3 Å². The maximum absolute atomic E-state index is 13.6. The fourth-order valence-electron chi connectivity index (χ4n) is 1.56. The van der Waals surface area contributed by atoms with Crippen molar-refractivity contribution in [2.24, 2.45) is 12.8 Å². The van der Waals surface area contributed by atoms with E-state index in [0.29, 0.717) is 16.1 Å². The molecular weight excluding hydrogens is 292 g/mol. The molecule has 90 valence electrons. The highest BCUT2D eigenvalue weighted by atomic mass is 79.9. The summed E-state index contributed by atoms with van der Waals surface area (Å²) in [6.07, 6.45) is 0. The summed E-state index contributed by atoms with van der Waals surface area (Å²) in [7, 11) is 1.75. The van der Waals surface area contributed by atoms with Gasteiger partial charge in [-0.15, -0.1) is 0 Å². The van der Waals surface area contributed by atoms with Gasteiger partial charge in [0.15, 0.2) is 0 Å². The molecule has 0 aliphatic carbocycles. The van der Waals surface area contributed by atoms with Gasteiger partial charge in [-0.2, -0.15) is 0 Å². The molecule has 0 amide bonds. The van der Waals surface area contributed by atoms with E-state index >= 15 is 0 Å². The fraction of sp³-hybridized carbons (Fsp3) is 0.182. The van der Waals surface area contributed by atoms with E-state index < -0.39 is 11.6 Å². The number of hydrogen-bond donors (Lipinski definition) is 1. The second-order valence-corrected chi connectivity index (χ2v) is 4.31. The summed E-state index contributed by atoms with van der Waals surface area (Å²) in [4.78, 5) is 4.18. The molecule has 0 saturated carbocycles. The van der Waals surface area contributed by atoms with E-state index in [0.717, 1.165) is 18.2 Å². The van der Waals surface area contributed by atoms with Crippen LogP contribution in [0.4, 0.5) is 8.78 Å². The Hall–Kier alpha value is -1.27. The van der Waals surface area contributed by atoms with Crippen LogP contribution in [0.15, 0.2) is 22.8 Å². The quantitative estimate of drug-likeness (QED) is 0.926. The van der Waals surface area contributed by atoms with Gasteiger partial charge in [0.1, 0.15) is 27.8 Å². The smallest absolute Gasteiger partial charge is 0.132 e. The van der Waals surface area contributed by atoms with Crippen LogP contribution < -0.4 is 5.73 Å². The Bertz CT molecular complexity index is 566. The minimum atomic E-state index is -0.520. The van der Waals surface area contributed by atoms with E-state index in [2.05, 4.69) is 20.9 Å². The molecule has 0 aliphatic heterocycles. The van der Waals surface area contributed by atoms with Crippen molar-refractivity contribution in [1.29, 1.82) is 0 Å². The van der Waals surface area contributed by atoms with Crippen LogP contribution in [0, 0.1) is 11.6 Å². The predicted molar refractivity (Wildman–Crippen MR) is 64.2 cm³/mol. The molecule has 0 fully saturated rings. The van der Waals surface area contributed by atoms with Crippen molar-refractivity contribution < 1.29 is 8.78 Å². The lowest BCUT2D eigenvalue weighted by Gasteiger charge is -2.01. The summed E-state index contributed by atoms with van der Waals surface area (Å²) in [5.41, 5.74) is 5.98. The zero-order chi connectivity index (χ0) is 12.6. The Balaban J connectivity index is 2.64. The second kappa shape index (κ2) is 4.54. The normalized spacial score (nSPS) is 10.9. The molecular formula is C11H10BrF2N3. The molecule has 2 rings (SSSR count). The third-order valence-electron chi connectivity index (χ3n) is 2.48. The molecule has 17 heavy (non-hydrogen) atoms. The molecule has 0 bridgehead atoms. The first-order chi connectivity index (χ1) is 8.04. The van der Waals surface area contributed by atoms with Crippen LogP contribution in [0.2, 0.25) is 0 Å². The van der Waals surface area contributed by atoms with Crippen LogP contribution in [-0.4, -0.2) is 9.55 Å². The van der Waals surface area contributed by atoms with E-state index in [1.165, 1.54) is 0 Å². The number of nitrogens with zero attached hydrogens (tertiary/aromatic N) is 2. The molecule has 2 N–H and O–H groups in total. The highest BCUT2D eigenvalue weighted by Crippen LogP contribution is 2.30. The number of hydrogen-bond acceptors (Lipinski definition) is 2. The maximum Gasteiger partial charge on any atom is 0.132 e. The van der Waals surface area contributed by atoms with Crippen LogP contribution >= 0.6 is 15.9 Å². The van der Waals surface area contributed by atoms with Crippen molar-refractivity contribution in [2.75, 3.05) is 0 Å². The van der Waals surface area contributed by atoms with Gasteiger partial charge < -0.3 is 10.3 Å². The molecule has 1 aromatic carbocycles. The molecule has 0 saturated heterocycles. The second-order valence-electron chi connectivity index (χ2n) is 3.55. The van der Waals surface area contributed by atoms with Gasteiger partial charge in [0.25, 0.3) is 0 Å². The summed E-state index contributed by atoms with van der Waals surface area (Å²) in [6.45, 7) is 0.228. The highest BCUT2D eigenvalue weighted by molar-refractivity contribution is 9.10. The summed E-state index contributed by atoms with van der Waals surface area (Å²) in [5, 5.41) is 0. The van der Waals surface area contributed by atoms with Gasteiger partial charge in [0.2, 0.25) is 0 Å². The first-order valence-corrected chi connectivity index (χ1v) is 5.70. The molecule has 1 aromatic heterocycles. The Kier molecular flexibility index (Phi) is 3.26. The van der Waals surface area contributed by atoms with Gasteiger partial charge in [0.05, 0.1) is 6.54 Å². The molecule has 0 radical (unpaired) electrons. The first kappa shape index (κ1) is 12.2. The molecule has 0 aliphatic rings. The van der Waals surface area contributed by atoms with Crippen molar-refractivity contribution in [3.8, 4) is 11.3 Å². The summed E-state index contributed by atoms with van der Waals surface area (Å²) < 4.78 is 29.0. The minimum Gasteiger partial charge on any atom is -0.324 e. The molecule has 0 unspecified atom stereocenters. The minimum absolute atomic E-state index is 0.118. The van der Waals surface area contributed by atoms with Crippen LogP contribution in [-0.2, 0) is 13.6 Å². The molecule has 1 heterocycles. The molecule has 0 spiro atoms. The number of rotatable bonds is 2. The summed E-state index contributed by atoms with van der Waals surface area (Å²) in [5.74, 6) is -0.433. The number of benzene rings is 1. The number of aromatic nitrogens is 2. The number of halogens is 3. The highest BCUT2D eigenvalue weighted by Gasteiger charge is 2.17. The fourth-order valence-corrected chi connectivity index (χ4v) is 2.06. The molecule has 6 heteroatoms. The predicted octanol–water partition coefficient (Wildman–Crippen LogP) is 2.59. The van der Waals surface area contributed by atoms with Gasteiger partial charge in [-0.25, -0.2) is 13.8 Å². The monoisotopic (exact) mass is 301 g/mol. The van der Waals surface area contributed by atoms with Gasteiger partial charge in [-0.1, -0.05) is 0 Å². The number of nitrogens with two attached hydrogens (primary N) is 1. The third-order valence-corrected chi connectivity index (χ3v) is 3.39. The van der Waals surface area contributed by atoms with Crippen LogP contribution in [0.1, 0.15) is 5.82 Å². The van der Waals surface area contributed by atoms with Crippen molar-refractivity contribution in [2.45, 2.75) is 6.54 Å². The van der Waals surface area contributed by atoms with Crippen molar-refractivity contribution in [3.05, 3.63) is 40.3 Å². The lowest BCUT2D eigenvalue weighted by atomic mass is 10.1. The van der Waals surface area contributed by atoms with Crippen LogP contribution in [0.3, 0.4) is 0 Å². The molecule has 3 nitrogen and oxygen atoms in total. The SMILES string of the molecule is Cn1c(CN)nc(-c2cc(F)ccc2F)c1Br. The largest absolute Gasteiger partial charge is 0.324 e. The Morgan fingerprint density at radius 1 is 1.41 bits per heavy atom. The van der Waals surface area contributed by atoms with Crippen molar-refractivity contribution >= 4 is 15.9 Å². The standard InChI is InChI=1S/C11H10BrF2N3/c1-17-9(5-15)16-10(11(17)12)7-4-6(13)2-3-8(7)14/h2-4H,5,15H2,1H3. The van der Waals surface area contributed by atoms with Gasteiger partial charge in [0, 0.05) is 12.6 Å². The lowest BCUT2D eigenvalue weighted by molar-refractivity contribution is 0.602. The van der Waals surface area contributed by atoms with Crippen molar-refractivity contribution in [3.63, 3.8) is 0 Å². The Morgan fingerprint density at radius 3 is 2.71 bits per heavy atom. The summed E-state index contributed by atoms with van der Waals surface area (Å²) in [6, 6.07) is 3.26. The van der Waals surface area contributed by atoms with Crippen LogP contribution in [0.5, 0.6) is 0 Å². The topological polar surface area (TPSA) is 43.8 Å². The van der Waals surface area contributed by atoms with Crippen molar-refractivity contribution in [1.82, 2.24) is 9.55 Å². The zero-order valence-corrected chi connectivity index (χ0v) is 10.6. The average molecular weight is 302 g/mol. The van der Waals surface area contributed by atoms with E-state index in [1.807, 2.05) is 0 Å². The zero-order valence-electron chi connectivity index (χ0n) is 9.04. The van der Waals surface area contributed by atoms with Gasteiger partial charge >= 0.3 is 0 Å². The van der Waals surface area contributed by atoms with Gasteiger partial charge in [-0.05, 0) is 34.1 Å². The molecule has 0 atom stereocenters. The van der Waals surface area contributed by atoms with E-state index in [4.69, 9.17) is 5.73 Å². The first-order valence-electron chi connectivity index (χ1n) is 4.91. The Morgan fingerprint density at radius 2 is 2.12 bits per heavy atom. The van der Waals surface area contributed by atoms with E-state index in [-0.39, 0.29) is 12.1 Å². The van der Waals surface area contributed by atoms with Gasteiger partial charge in [-0.3, -0.25) is 0 Å². The lowest BCUT2D eigenvalue weighted by Crippen LogP contribution is -2.04. The number of imidazole rings is 1. The maximum atomic E-state index is 13.6. The third kappa shape index (κ3) is 2.10. The average Bonchev–Trinajstić information content (AvgIpc) is 2.59. The van der Waals surface area contributed by atoms with E-state index in [1.54, 1.807) is 11.6 Å².